The van der Waals surface area contributed by atoms with E-state index in [0.29, 0.717) is 69.8 Å². The zero-order chi connectivity index (χ0) is 93.7. The number of phenolic OH excluding ortho intramolecular Hbond substituents is 1. The molecule has 5 aliphatic carbocycles. The maximum atomic E-state index is 15.5. The number of esters is 2. The molecule has 0 spiro atoms. The van der Waals surface area contributed by atoms with E-state index in [1.165, 1.54) is 45.2 Å². The lowest BCUT2D eigenvalue weighted by Gasteiger charge is -2.71. The molecule has 8 saturated heterocycles. The molecule has 8 heterocycles. The Hall–Kier alpha value is -4.24. The van der Waals surface area contributed by atoms with Crippen LogP contribution in [0.25, 0.3) is 6.08 Å². The highest BCUT2D eigenvalue weighted by molar-refractivity contribution is 5.87. The van der Waals surface area contributed by atoms with E-state index in [4.69, 9.17) is 85.3 Å². The quantitative estimate of drug-likeness (QED) is 0.0187. The summed E-state index contributed by atoms with van der Waals surface area (Å²) in [6.07, 6.45) is -58.1. The van der Waals surface area contributed by atoms with Crippen LogP contribution in [0.3, 0.4) is 0 Å². The minimum absolute atomic E-state index is 0.000731. The van der Waals surface area contributed by atoms with Crippen LogP contribution in [-0.4, -0.2) is 422 Å². The van der Waals surface area contributed by atoms with Gasteiger partial charge in [-0.3, -0.25) is 4.79 Å². The molecule has 0 amide bonds. The third-order valence-electron chi connectivity index (χ3n) is 31.0. The predicted molar refractivity (Wildman–Crippen MR) is 427 cm³/mol. The number of methoxy groups -OCH3 is 1. The number of hydrogen-bond donors (Lipinski definition) is 23. The average Bonchev–Trinajstić information content (AvgIpc) is 0.672. The molecular formula is C86H132O43. The molecule has 43 heteroatoms. The van der Waals surface area contributed by atoms with Crippen molar-refractivity contribution in [2.75, 3.05) is 53.4 Å². The van der Waals surface area contributed by atoms with Gasteiger partial charge in [0.15, 0.2) is 61.6 Å². The van der Waals surface area contributed by atoms with E-state index >= 15 is 4.79 Å². The first kappa shape index (κ1) is 101. The van der Waals surface area contributed by atoms with E-state index in [1.807, 2.05) is 6.92 Å². The highest BCUT2D eigenvalue weighted by Crippen LogP contribution is 2.76. The number of allylic oxidation sites excluding steroid dienone is 2. The number of rotatable bonds is 25. The van der Waals surface area contributed by atoms with Crippen LogP contribution in [0, 0.1) is 50.2 Å². The fourth-order valence-electron chi connectivity index (χ4n) is 22.9. The molecule has 4 saturated carbocycles. The van der Waals surface area contributed by atoms with E-state index in [1.54, 1.807) is 0 Å². The Bertz CT molecular complexity index is 4000. The van der Waals surface area contributed by atoms with Gasteiger partial charge in [-0.05, 0) is 141 Å². The Morgan fingerprint density at radius 1 is 0.473 bits per heavy atom. The van der Waals surface area contributed by atoms with E-state index < -0.39 is 318 Å². The number of phenols is 1. The number of aliphatic hydroxyl groups excluding tert-OH is 22. The SMILES string of the molecule is COc1ccc(C=CC(=O)O[C@H]2[C@H](O[C@H]3[C@H](O)[C@@H](O)[C@H](O[C@@H]4CO[C@@H](O[C@@H]5[C@@H](O)[C@H](C)O[C@@H](O[C@H]6[C@H](O[C@@H]7CC[C@@]8(C)[C@@H](CC[C@]9(C)[C@@H]8CC=C8[C@@H]%10CC(C)(C)CC[C@]%10(C(=O)O[C@@H]%10O[C@H](CO[C@@H]%11O[C@H](CO)[C@@H](O[C@@H]%12O[C@@H](C)[C@H](O)[C@@H](O)[C@H]%12O)[C@H](O)[C@H]%11O)[C@@H](O)[C@H](O)[C@H]%10O)CC[C@]89C)[C@]7(C)CO)OC[C@H](O)[C@@H]6O)[C@@H]5O)[C@H](O)[C@@H]4O)O[C@@H]3CO)O[C@H](CO)[C@@H](O)[C@@H]2O)cc1O. The molecule has 8 aliphatic heterocycles. The van der Waals surface area contributed by atoms with Crippen LogP contribution in [0.4, 0.5) is 0 Å². The Morgan fingerprint density at radius 2 is 1.02 bits per heavy atom. The van der Waals surface area contributed by atoms with Crippen LogP contribution in [-0.2, 0) is 90.1 Å². The largest absolute Gasteiger partial charge is 0.504 e. The lowest BCUT2D eigenvalue weighted by Crippen LogP contribution is -2.67. The Kier molecular flexibility index (Phi) is 31.0. The highest BCUT2D eigenvalue weighted by Gasteiger charge is 2.72. The monoisotopic (exact) mass is 1850 g/mol. The predicted octanol–water partition coefficient (Wildman–Crippen LogP) is -6.45. The van der Waals surface area contributed by atoms with Crippen molar-refractivity contribution in [2.45, 2.75) is 359 Å². The summed E-state index contributed by atoms with van der Waals surface area (Å²) >= 11 is 0. The number of hydrogen-bond acceptors (Lipinski definition) is 43. The molecule has 1 aromatic carbocycles. The van der Waals surface area contributed by atoms with Crippen molar-refractivity contribution < 1.29 is 212 Å². The minimum atomic E-state index is -2.12. The minimum Gasteiger partial charge on any atom is -0.504 e. The van der Waals surface area contributed by atoms with Gasteiger partial charge in [-0.2, -0.15) is 0 Å². The molecule has 0 bridgehead atoms. The van der Waals surface area contributed by atoms with Gasteiger partial charge in [0.05, 0.1) is 77.1 Å². The molecule has 0 radical (unpaired) electrons. The molecule has 129 heavy (non-hydrogen) atoms. The second-order valence-electron chi connectivity index (χ2n) is 39.1. The van der Waals surface area contributed by atoms with Crippen LogP contribution in [0.5, 0.6) is 11.5 Å². The first-order valence-electron chi connectivity index (χ1n) is 44.4. The number of carbonyl (C=O) groups excluding carboxylic acids is 2. The fraction of sp³-hybridized carbons (Fsp3) is 0.860. The first-order valence-corrected chi connectivity index (χ1v) is 44.4. The molecule has 1 aromatic rings. The Morgan fingerprint density at radius 3 is 1.68 bits per heavy atom. The van der Waals surface area contributed by atoms with Crippen molar-refractivity contribution in [3.05, 3.63) is 41.5 Å². The van der Waals surface area contributed by atoms with Gasteiger partial charge in [0.1, 0.15) is 165 Å². The van der Waals surface area contributed by atoms with Crippen LogP contribution in [0.2, 0.25) is 0 Å². The number of aliphatic hydroxyl groups is 22. The highest BCUT2D eigenvalue weighted by atomic mass is 16.8. The summed E-state index contributed by atoms with van der Waals surface area (Å²) < 4.78 is 106. The van der Waals surface area contributed by atoms with Crippen molar-refractivity contribution in [1.82, 2.24) is 0 Å². The maximum Gasteiger partial charge on any atom is 0.331 e. The second kappa shape index (κ2) is 39.7. The number of carbonyl (C=O) groups is 2. The Labute approximate surface area is 743 Å². The molecule has 23 N–H and O–H groups in total. The molecule has 0 unspecified atom stereocenters. The summed E-state index contributed by atoms with van der Waals surface area (Å²) in [4.78, 5) is 28.6. The molecule has 734 valence electrons. The topological polar surface area (TPSA) is 666 Å². The maximum absolute atomic E-state index is 15.5. The van der Waals surface area contributed by atoms with Gasteiger partial charge in [0.2, 0.25) is 6.29 Å². The van der Waals surface area contributed by atoms with Crippen LogP contribution in [0.1, 0.15) is 125 Å². The van der Waals surface area contributed by atoms with Crippen LogP contribution >= 0.6 is 0 Å². The number of fused-ring (bicyclic) bond motifs is 7. The third-order valence-corrected chi connectivity index (χ3v) is 31.0. The summed E-state index contributed by atoms with van der Waals surface area (Å²) in [5, 5.41) is 256. The van der Waals surface area contributed by atoms with Gasteiger partial charge in [0.25, 0.3) is 0 Å². The third kappa shape index (κ3) is 18.8. The summed E-state index contributed by atoms with van der Waals surface area (Å²) in [5.41, 5.74) is -2.39. The fourth-order valence-corrected chi connectivity index (χ4v) is 22.9. The lowest BCUT2D eigenvalue weighted by molar-refractivity contribution is -0.386. The average molecular weight is 1850 g/mol. The molecular weight excluding hydrogens is 1720 g/mol. The van der Waals surface area contributed by atoms with Crippen molar-refractivity contribution in [3.63, 3.8) is 0 Å². The number of benzene rings is 1. The second-order valence-corrected chi connectivity index (χ2v) is 39.1. The van der Waals surface area contributed by atoms with Crippen LogP contribution < -0.4 is 4.74 Å². The first-order chi connectivity index (χ1) is 60.9. The van der Waals surface area contributed by atoms with Crippen molar-refractivity contribution in [3.8, 4) is 11.5 Å². The van der Waals surface area contributed by atoms with Crippen LogP contribution in [0.15, 0.2) is 35.9 Å². The molecule has 43 nitrogen and oxygen atoms in total. The number of aromatic hydroxyl groups is 1. The van der Waals surface area contributed by atoms with Gasteiger partial charge in [-0.25, -0.2) is 4.79 Å². The van der Waals surface area contributed by atoms with Gasteiger partial charge >= 0.3 is 11.9 Å². The molecule has 12 fully saturated rings. The molecule has 0 aromatic heterocycles. The Balaban J connectivity index is 0.600. The standard InChI is InChI=1S/C86H132O43/c1-33-50(94)56(100)62(106)74(116-33)125-67-42(27-88)119-72(64(108)59(67)103)114-30-44-54(98)57(101)63(107)76(122-44)129-80(111)86-22-20-81(3,4)25-37(86)36-12-14-47-82(5)18-17-48(83(6,32-90)46(82)16-19-85(47,8)84(36,7)21-23-86)123-78-70(52(96)39(92)29-113-78)128-77-66(110)69(51(95)34(2)117-77)127-73-61(105)55(99)45(31-115-73)121-75-65(109)60(104)68(43(28-89)120-75)126-79-71(58(102)53(97)41(26-87)118-79)124-49(93)15-11-35-10-13-40(112-9)38(91)24-35/h10-13,15,24,33-34,37,39,41-48,50-79,87-92,94-110H,14,16-23,25-32H2,1-9H3/t33-,34-,37-,39-,41+,42+,43+,44+,45+,46+,47+,48+,50-,51-,52-,53+,54+,55+,56+,57-,58-,59+,60+,61+,62+,63+,64+,65+,66+,67+,68+,69+,70+,71+,72+,73-,74-,75-,76-,77-,78-,79-,82-,83-,84+,85+,86-/m0/s1. The summed E-state index contributed by atoms with van der Waals surface area (Å²) in [6, 6.07) is 4.19. The van der Waals surface area contributed by atoms with Gasteiger partial charge < -0.3 is 203 Å². The van der Waals surface area contributed by atoms with Crippen molar-refractivity contribution in [1.29, 1.82) is 0 Å². The molecule has 47 atom stereocenters. The van der Waals surface area contributed by atoms with Crippen molar-refractivity contribution >= 4 is 18.0 Å². The van der Waals surface area contributed by atoms with Gasteiger partial charge in [-0.1, -0.05) is 59.3 Å². The van der Waals surface area contributed by atoms with Gasteiger partial charge in [0, 0.05) is 11.5 Å². The summed E-state index contributed by atoms with van der Waals surface area (Å²) in [7, 11) is 1.34. The summed E-state index contributed by atoms with van der Waals surface area (Å²) in [6.45, 7) is 11.0. The summed E-state index contributed by atoms with van der Waals surface area (Å²) in [5.74, 6) is -2.51. The zero-order valence-corrected chi connectivity index (χ0v) is 73.2. The van der Waals surface area contributed by atoms with Gasteiger partial charge in [-0.15, -0.1) is 0 Å². The van der Waals surface area contributed by atoms with E-state index in [2.05, 4.69) is 40.7 Å². The number of ether oxygens (including phenoxy) is 18. The normalized spacial score (nSPS) is 50.7. The van der Waals surface area contributed by atoms with Crippen molar-refractivity contribution in [2.24, 2.45) is 50.2 Å². The zero-order valence-electron chi connectivity index (χ0n) is 73.2. The molecule has 14 rings (SSSR count). The lowest BCUT2D eigenvalue weighted by atomic mass is 9.33. The van der Waals surface area contributed by atoms with E-state index in [9.17, 15) is 122 Å². The van der Waals surface area contributed by atoms with E-state index in [0.717, 1.165) is 11.6 Å². The van der Waals surface area contributed by atoms with E-state index in [-0.39, 0.29) is 41.3 Å². The molecule has 13 aliphatic rings. The smallest absolute Gasteiger partial charge is 0.331 e.